The highest BCUT2D eigenvalue weighted by molar-refractivity contribution is 6.31. The standard InChI is InChI=1S/C20H24ClNO2/c1-12-8-13(2)16(20(24)9-12)6-7-19(23)17-10-15(21)11-18(14(17)3)22(4)5/h8,10-11H,6-7,9H2,1-5H3. The van der Waals surface area contributed by atoms with E-state index < -0.39 is 0 Å². The summed E-state index contributed by atoms with van der Waals surface area (Å²) in [5.74, 6) is 0.162. The Labute approximate surface area is 149 Å². The average Bonchev–Trinajstić information content (AvgIpc) is 2.47. The van der Waals surface area contributed by atoms with Gasteiger partial charge in [-0.05, 0) is 56.0 Å². The highest BCUT2D eigenvalue weighted by atomic mass is 35.5. The molecule has 0 heterocycles. The number of ketones is 2. The first-order chi connectivity index (χ1) is 11.2. The molecule has 0 saturated heterocycles. The third-order valence-electron chi connectivity index (χ3n) is 4.44. The molecule has 0 N–H and O–H groups in total. The number of nitrogens with zero attached hydrogens (tertiary/aromatic N) is 1. The summed E-state index contributed by atoms with van der Waals surface area (Å²) in [4.78, 5) is 26.8. The van der Waals surface area contributed by atoms with Gasteiger partial charge in [-0.25, -0.2) is 0 Å². The molecule has 128 valence electrons. The van der Waals surface area contributed by atoms with E-state index in [1.807, 2.05) is 51.9 Å². The number of carbonyl (C=O) groups is 2. The second kappa shape index (κ2) is 7.35. The Bertz CT molecular complexity index is 757. The number of halogens is 1. The SMILES string of the molecule is CC1=CC(C)=C(CCC(=O)c2cc(Cl)cc(N(C)C)c2C)C(=O)C1. The average molecular weight is 346 g/mol. The van der Waals surface area contributed by atoms with Gasteiger partial charge in [0.2, 0.25) is 0 Å². The van der Waals surface area contributed by atoms with E-state index in [0.717, 1.165) is 28.0 Å². The van der Waals surface area contributed by atoms with Crippen LogP contribution in [0.15, 0.2) is 34.9 Å². The van der Waals surface area contributed by atoms with Crippen molar-refractivity contribution in [1.82, 2.24) is 0 Å². The van der Waals surface area contributed by atoms with Crippen LogP contribution >= 0.6 is 11.6 Å². The molecule has 3 nitrogen and oxygen atoms in total. The van der Waals surface area contributed by atoms with Crippen molar-refractivity contribution in [1.29, 1.82) is 0 Å². The lowest BCUT2D eigenvalue weighted by Gasteiger charge is -2.19. The van der Waals surface area contributed by atoms with Crippen molar-refractivity contribution >= 4 is 28.9 Å². The number of allylic oxidation sites excluding steroid dienone is 4. The molecular formula is C20H24ClNO2. The zero-order valence-electron chi connectivity index (χ0n) is 15.0. The van der Waals surface area contributed by atoms with E-state index in [1.165, 1.54) is 0 Å². The minimum Gasteiger partial charge on any atom is -0.377 e. The molecule has 4 heteroatoms. The van der Waals surface area contributed by atoms with Crippen molar-refractivity contribution in [2.45, 2.75) is 40.0 Å². The first-order valence-electron chi connectivity index (χ1n) is 8.11. The summed E-state index contributed by atoms with van der Waals surface area (Å²) in [6.07, 6.45) is 3.30. The van der Waals surface area contributed by atoms with Crippen LogP contribution in [0.5, 0.6) is 0 Å². The zero-order valence-corrected chi connectivity index (χ0v) is 15.8. The summed E-state index contributed by atoms with van der Waals surface area (Å²) in [7, 11) is 3.85. The molecule has 1 aliphatic carbocycles. The summed E-state index contributed by atoms with van der Waals surface area (Å²) in [6.45, 7) is 5.83. The van der Waals surface area contributed by atoms with Gasteiger partial charge in [-0.3, -0.25) is 9.59 Å². The summed E-state index contributed by atoms with van der Waals surface area (Å²) in [6, 6.07) is 3.58. The number of carbonyl (C=O) groups excluding carboxylic acids is 2. The Balaban J connectivity index is 2.23. The normalized spacial score (nSPS) is 14.8. The van der Waals surface area contributed by atoms with E-state index in [1.54, 1.807) is 6.07 Å². The molecule has 0 saturated carbocycles. The van der Waals surface area contributed by atoms with E-state index in [2.05, 4.69) is 0 Å². The first-order valence-corrected chi connectivity index (χ1v) is 8.49. The van der Waals surface area contributed by atoms with Crippen LogP contribution in [0.2, 0.25) is 5.02 Å². The fourth-order valence-corrected chi connectivity index (χ4v) is 3.43. The Hall–Kier alpha value is -1.87. The highest BCUT2D eigenvalue weighted by Gasteiger charge is 2.20. The van der Waals surface area contributed by atoms with Gasteiger partial charge in [0.15, 0.2) is 11.6 Å². The van der Waals surface area contributed by atoms with Crippen LogP contribution < -0.4 is 4.90 Å². The van der Waals surface area contributed by atoms with Crippen LogP contribution in [0.25, 0.3) is 0 Å². The Morgan fingerprint density at radius 1 is 1.21 bits per heavy atom. The maximum Gasteiger partial charge on any atom is 0.163 e. The van der Waals surface area contributed by atoms with Crippen molar-refractivity contribution in [3.63, 3.8) is 0 Å². The zero-order chi connectivity index (χ0) is 18.0. The topological polar surface area (TPSA) is 37.4 Å². The molecule has 0 aliphatic heterocycles. The fraction of sp³-hybridized carbons (Fsp3) is 0.400. The van der Waals surface area contributed by atoms with Crippen LogP contribution in [0, 0.1) is 6.92 Å². The summed E-state index contributed by atoms with van der Waals surface area (Å²) in [5.41, 5.74) is 5.34. The largest absolute Gasteiger partial charge is 0.377 e. The van der Waals surface area contributed by atoms with Gasteiger partial charge in [0.1, 0.15) is 0 Å². The van der Waals surface area contributed by atoms with Gasteiger partial charge < -0.3 is 4.90 Å². The van der Waals surface area contributed by atoms with E-state index in [9.17, 15) is 9.59 Å². The molecule has 0 unspecified atom stereocenters. The lowest BCUT2D eigenvalue weighted by Crippen LogP contribution is -2.14. The number of rotatable bonds is 5. The van der Waals surface area contributed by atoms with Crippen LogP contribution in [0.4, 0.5) is 5.69 Å². The summed E-state index contributed by atoms with van der Waals surface area (Å²) >= 11 is 6.17. The minimum absolute atomic E-state index is 0.0254. The highest BCUT2D eigenvalue weighted by Crippen LogP contribution is 2.29. The quantitative estimate of drug-likeness (QED) is 0.711. The molecular weight excluding hydrogens is 322 g/mol. The Morgan fingerprint density at radius 2 is 1.88 bits per heavy atom. The molecule has 0 radical (unpaired) electrons. The van der Waals surface area contributed by atoms with Gasteiger partial charge in [0.25, 0.3) is 0 Å². The lowest BCUT2D eigenvalue weighted by molar-refractivity contribution is -0.115. The Morgan fingerprint density at radius 3 is 2.46 bits per heavy atom. The molecule has 0 bridgehead atoms. The smallest absolute Gasteiger partial charge is 0.163 e. The van der Waals surface area contributed by atoms with Crippen LogP contribution in [-0.2, 0) is 4.79 Å². The van der Waals surface area contributed by atoms with Crippen molar-refractivity contribution < 1.29 is 9.59 Å². The third kappa shape index (κ3) is 3.96. The van der Waals surface area contributed by atoms with E-state index >= 15 is 0 Å². The fourth-order valence-electron chi connectivity index (χ4n) is 3.22. The van der Waals surface area contributed by atoms with Crippen molar-refractivity contribution in [2.24, 2.45) is 0 Å². The third-order valence-corrected chi connectivity index (χ3v) is 4.66. The molecule has 0 atom stereocenters. The van der Waals surface area contributed by atoms with Crippen molar-refractivity contribution in [3.05, 3.63) is 51.1 Å². The van der Waals surface area contributed by atoms with Gasteiger partial charge >= 0.3 is 0 Å². The van der Waals surface area contributed by atoms with Crippen molar-refractivity contribution in [3.8, 4) is 0 Å². The van der Waals surface area contributed by atoms with Gasteiger partial charge in [-0.2, -0.15) is 0 Å². The number of hydrogen-bond acceptors (Lipinski definition) is 3. The predicted octanol–water partition coefficient (Wildman–Crippen LogP) is 4.91. The monoisotopic (exact) mass is 345 g/mol. The molecule has 1 aliphatic rings. The van der Waals surface area contributed by atoms with Crippen LogP contribution in [0.3, 0.4) is 0 Å². The summed E-state index contributed by atoms with van der Waals surface area (Å²) < 4.78 is 0. The molecule has 0 fully saturated rings. The van der Waals surface area contributed by atoms with Crippen LogP contribution in [-0.4, -0.2) is 25.7 Å². The van der Waals surface area contributed by atoms with Crippen LogP contribution in [0.1, 0.15) is 49.0 Å². The first kappa shape index (κ1) is 18.5. The minimum atomic E-state index is 0.0254. The molecule has 0 aromatic heterocycles. The molecule has 0 spiro atoms. The Kier molecular flexibility index (Phi) is 5.66. The predicted molar refractivity (Wildman–Crippen MR) is 100 cm³/mol. The maximum atomic E-state index is 12.7. The number of benzene rings is 1. The van der Waals surface area contributed by atoms with E-state index in [0.29, 0.717) is 29.8 Å². The van der Waals surface area contributed by atoms with E-state index in [4.69, 9.17) is 11.6 Å². The van der Waals surface area contributed by atoms with E-state index in [-0.39, 0.29) is 11.6 Å². The number of hydrogen-bond donors (Lipinski definition) is 0. The van der Waals surface area contributed by atoms with Gasteiger partial charge in [-0.1, -0.05) is 23.3 Å². The van der Waals surface area contributed by atoms with Crippen molar-refractivity contribution in [2.75, 3.05) is 19.0 Å². The number of Topliss-reactive ketones (excluding diaryl/α,β-unsaturated/α-hetero) is 2. The van der Waals surface area contributed by atoms with Gasteiger partial charge in [0, 0.05) is 43.2 Å². The molecule has 0 amide bonds. The second-order valence-corrected chi connectivity index (χ2v) is 7.10. The molecule has 1 aromatic carbocycles. The maximum absolute atomic E-state index is 12.7. The molecule has 1 aromatic rings. The second-order valence-electron chi connectivity index (χ2n) is 6.67. The van der Waals surface area contributed by atoms with Gasteiger partial charge in [0.05, 0.1) is 0 Å². The number of anilines is 1. The molecule has 24 heavy (non-hydrogen) atoms. The summed E-state index contributed by atoms with van der Waals surface area (Å²) in [5, 5.41) is 0.551. The lowest BCUT2D eigenvalue weighted by atomic mass is 9.88. The molecule has 2 rings (SSSR count). The van der Waals surface area contributed by atoms with Gasteiger partial charge in [-0.15, -0.1) is 0 Å².